The number of ether oxygens (including phenoxy) is 1. The Kier molecular flexibility index (Phi) is 4.89. The van der Waals surface area contributed by atoms with Crippen molar-refractivity contribution in [1.29, 1.82) is 0 Å². The van der Waals surface area contributed by atoms with Crippen LogP contribution in [0.3, 0.4) is 0 Å². The topological polar surface area (TPSA) is 67.7 Å². The van der Waals surface area contributed by atoms with Crippen molar-refractivity contribution in [1.82, 2.24) is 9.55 Å². The molecule has 2 aliphatic heterocycles. The highest BCUT2D eigenvalue weighted by molar-refractivity contribution is 5.97. The van der Waals surface area contributed by atoms with E-state index in [1.807, 2.05) is 11.8 Å². The van der Waals surface area contributed by atoms with Crippen LogP contribution in [0.2, 0.25) is 0 Å². The predicted octanol–water partition coefficient (Wildman–Crippen LogP) is 1.28. The zero-order chi connectivity index (χ0) is 19.8. The summed E-state index contributed by atoms with van der Waals surface area (Å²) in [5.41, 5.74) is 0.958. The molecule has 4 rings (SSSR count). The van der Waals surface area contributed by atoms with Gasteiger partial charge in [0.15, 0.2) is 0 Å². The molecule has 0 saturated carbocycles. The molecule has 0 spiro atoms. The van der Waals surface area contributed by atoms with Gasteiger partial charge in [0.2, 0.25) is 5.91 Å². The molecular weight excluding hydrogens is 363 g/mol. The highest BCUT2D eigenvalue weighted by Crippen LogP contribution is 2.34. The lowest BCUT2D eigenvalue weighted by molar-refractivity contribution is -0.118. The zero-order valence-corrected chi connectivity index (χ0v) is 16.0. The van der Waals surface area contributed by atoms with Crippen molar-refractivity contribution in [2.75, 3.05) is 36.1 Å². The lowest BCUT2D eigenvalue weighted by Gasteiger charge is -2.28. The first-order chi connectivity index (χ1) is 13.5. The number of aromatic nitrogens is 2. The van der Waals surface area contributed by atoms with Gasteiger partial charge in [0.1, 0.15) is 17.5 Å². The van der Waals surface area contributed by atoms with Crippen LogP contribution in [0.15, 0.2) is 29.1 Å². The highest BCUT2D eigenvalue weighted by Gasteiger charge is 2.33. The van der Waals surface area contributed by atoms with E-state index in [0.717, 1.165) is 0 Å². The quantitative estimate of drug-likeness (QED) is 0.795. The van der Waals surface area contributed by atoms with E-state index in [1.54, 1.807) is 24.1 Å². The number of hydrogen-bond donors (Lipinski definition) is 0. The molecule has 1 aromatic heterocycles. The van der Waals surface area contributed by atoms with Crippen LogP contribution in [-0.2, 0) is 29.4 Å². The number of carbonyl (C=O) groups excluding carboxylic acids is 1. The molecule has 2 aromatic rings. The Bertz CT molecular complexity index is 968. The molecule has 1 aromatic carbocycles. The molecule has 8 heteroatoms. The van der Waals surface area contributed by atoms with Crippen LogP contribution in [0.5, 0.6) is 0 Å². The molecule has 0 radical (unpaired) electrons. The normalized spacial score (nSPS) is 19.0. The third kappa shape index (κ3) is 3.28. The number of halogens is 1. The molecule has 3 heterocycles. The minimum Gasteiger partial charge on any atom is -0.378 e. The maximum Gasteiger partial charge on any atom is 0.255 e. The van der Waals surface area contributed by atoms with Gasteiger partial charge in [-0.15, -0.1) is 0 Å². The average Bonchev–Trinajstić information content (AvgIpc) is 3.03. The number of nitrogens with zero attached hydrogens (tertiary/aromatic N) is 4. The summed E-state index contributed by atoms with van der Waals surface area (Å²) in [7, 11) is 1.61. The number of benzene rings is 1. The molecule has 0 unspecified atom stereocenters. The van der Waals surface area contributed by atoms with E-state index >= 15 is 0 Å². The largest absolute Gasteiger partial charge is 0.378 e. The fourth-order valence-electron chi connectivity index (χ4n) is 3.89. The molecule has 1 atom stereocenters. The third-order valence-corrected chi connectivity index (χ3v) is 5.42. The van der Waals surface area contributed by atoms with Gasteiger partial charge in [0.05, 0.1) is 25.3 Å². The number of morpholine rings is 1. The summed E-state index contributed by atoms with van der Waals surface area (Å²) in [5.74, 6) is 0.476. The number of amides is 1. The van der Waals surface area contributed by atoms with Gasteiger partial charge in [-0.05, 0) is 25.5 Å². The molecule has 0 N–H and O–H groups in total. The molecule has 7 nitrogen and oxygen atoms in total. The zero-order valence-electron chi connectivity index (χ0n) is 16.0. The molecule has 1 amide bonds. The number of hydrogen-bond acceptors (Lipinski definition) is 5. The third-order valence-electron chi connectivity index (χ3n) is 5.42. The van der Waals surface area contributed by atoms with Crippen LogP contribution in [0.4, 0.5) is 15.9 Å². The molecule has 1 fully saturated rings. The van der Waals surface area contributed by atoms with Gasteiger partial charge in [-0.1, -0.05) is 6.07 Å². The van der Waals surface area contributed by atoms with Gasteiger partial charge in [0.25, 0.3) is 5.56 Å². The van der Waals surface area contributed by atoms with Crippen LogP contribution < -0.4 is 15.4 Å². The van der Waals surface area contributed by atoms with Gasteiger partial charge in [0, 0.05) is 37.8 Å². The monoisotopic (exact) mass is 386 g/mol. The van der Waals surface area contributed by atoms with Crippen molar-refractivity contribution in [3.05, 3.63) is 51.8 Å². The van der Waals surface area contributed by atoms with Gasteiger partial charge < -0.3 is 14.5 Å². The first kappa shape index (κ1) is 18.6. The van der Waals surface area contributed by atoms with Crippen molar-refractivity contribution in [2.24, 2.45) is 7.05 Å². The summed E-state index contributed by atoms with van der Waals surface area (Å²) in [4.78, 5) is 33.7. The summed E-state index contributed by atoms with van der Waals surface area (Å²) in [5, 5.41) is 0. The second-order valence-electron chi connectivity index (χ2n) is 7.26. The molecule has 2 aliphatic rings. The molecule has 1 saturated heterocycles. The number of anilines is 2. The lowest BCUT2D eigenvalue weighted by Crippen LogP contribution is -2.40. The lowest BCUT2D eigenvalue weighted by atomic mass is 10.1. The van der Waals surface area contributed by atoms with Crippen LogP contribution in [0.25, 0.3) is 0 Å². The maximum absolute atomic E-state index is 14.1. The second-order valence-corrected chi connectivity index (χ2v) is 7.26. The van der Waals surface area contributed by atoms with Gasteiger partial charge in [-0.25, -0.2) is 9.37 Å². The summed E-state index contributed by atoms with van der Waals surface area (Å²) < 4.78 is 20.8. The molecule has 148 valence electrons. The fourth-order valence-corrected chi connectivity index (χ4v) is 3.89. The van der Waals surface area contributed by atoms with E-state index in [2.05, 4.69) is 4.98 Å². The molecular formula is C20H23FN4O3. The van der Waals surface area contributed by atoms with Crippen LogP contribution in [0, 0.1) is 5.82 Å². The second kappa shape index (κ2) is 7.35. The Labute approximate surface area is 162 Å². The average molecular weight is 386 g/mol. The van der Waals surface area contributed by atoms with Gasteiger partial charge >= 0.3 is 0 Å². The van der Waals surface area contributed by atoms with E-state index in [-0.39, 0.29) is 29.7 Å². The minimum atomic E-state index is -0.292. The SMILES string of the molecule is C[C@H]1Cc2c(F)cccc2N1C(=O)Cc1nc(N2CCOCC2)cc(=O)n1C. The van der Waals surface area contributed by atoms with E-state index in [4.69, 9.17) is 4.74 Å². The van der Waals surface area contributed by atoms with Gasteiger partial charge in [-0.3, -0.25) is 14.2 Å². The Morgan fingerprint density at radius 3 is 2.82 bits per heavy atom. The first-order valence-corrected chi connectivity index (χ1v) is 9.45. The van der Waals surface area contributed by atoms with Crippen molar-refractivity contribution >= 4 is 17.4 Å². The van der Waals surface area contributed by atoms with E-state index in [0.29, 0.717) is 55.6 Å². The summed E-state index contributed by atoms with van der Waals surface area (Å²) in [6, 6.07) is 6.13. The highest BCUT2D eigenvalue weighted by atomic mass is 19.1. The first-order valence-electron chi connectivity index (χ1n) is 9.45. The van der Waals surface area contributed by atoms with E-state index in [9.17, 15) is 14.0 Å². The Hall–Kier alpha value is -2.74. The maximum atomic E-state index is 14.1. The Morgan fingerprint density at radius 1 is 1.32 bits per heavy atom. The number of fused-ring (bicyclic) bond motifs is 1. The van der Waals surface area contributed by atoms with Gasteiger partial charge in [-0.2, -0.15) is 0 Å². The number of rotatable bonds is 3. The summed E-state index contributed by atoms with van der Waals surface area (Å²) in [6.07, 6.45) is 0.456. The standard InChI is InChI=1S/C20H23FN4O3/c1-13-10-14-15(21)4-3-5-16(14)25(13)20(27)11-17-22-18(12-19(26)23(17)2)24-6-8-28-9-7-24/h3-5,12-13H,6-11H2,1-2H3/t13-/m0/s1. The summed E-state index contributed by atoms with van der Waals surface area (Å²) >= 11 is 0. The predicted molar refractivity (Wildman–Crippen MR) is 103 cm³/mol. The smallest absolute Gasteiger partial charge is 0.255 e. The molecule has 0 aliphatic carbocycles. The summed E-state index contributed by atoms with van der Waals surface area (Å²) in [6.45, 7) is 4.37. The van der Waals surface area contributed by atoms with Crippen LogP contribution in [0.1, 0.15) is 18.3 Å². The van der Waals surface area contributed by atoms with E-state index in [1.165, 1.54) is 16.7 Å². The van der Waals surface area contributed by atoms with Crippen molar-refractivity contribution in [3.63, 3.8) is 0 Å². The Morgan fingerprint density at radius 2 is 2.07 bits per heavy atom. The van der Waals surface area contributed by atoms with Crippen LogP contribution >= 0.6 is 0 Å². The van der Waals surface area contributed by atoms with E-state index < -0.39 is 0 Å². The van der Waals surface area contributed by atoms with Crippen molar-refractivity contribution in [3.8, 4) is 0 Å². The molecule has 0 bridgehead atoms. The van der Waals surface area contributed by atoms with Crippen molar-refractivity contribution in [2.45, 2.75) is 25.8 Å². The van der Waals surface area contributed by atoms with Crippen LogP contribution in [-0.4, -0.2) is 47.8 Å². The van der Waals surface area contributed by atoms with Crippen molar-refractivity contribution < 1.29 is 13.9 Å². The fraction of sp³-hybridized carbons (Fsp3) is 0.450. The Balaban J connectivity index is 1.62. The minimum absolute atomic E-state index is 0.0236. The molecule has 28 heavy (non-hydrogen) atoms. The number of carbonyl (C=O) groups is 1.